The van der Waals surface area contributed by atoms with Crippen molar-refractivity contribution in [3.05, 3.63) is 76.4 Å². The molecule has 1 spiro atoms. The van der Waals surface area contributed by atoms with Crippen molar-refractivity contribution in [3.8, 4) is 0 Å². The topological polar surface area (TPSA) is 61.9 Å². The van der Waals surface area contributed by atoms with Gasteiger partial charge in [-0.25, -0.2) is 0 Å². The molecule has 2 heterocycles. The van der Waals surface area contributed by atoms with Crippen LogP contribution >= 0.6 is 11.6 Å². The number of carbonyl (C=O) groups is 1. The molecule has 5 heteroatoms. The Kier molecular flexibility index (Phi) is 3.27. The Balaban J connectivity index is 1.63. The van der Waals surface area contributed by atoms with Gasteiger partial charge < -0.3 is 15.2 Å². The van der Waals surface area contributed by atoms with Crippen LogP contribution in [0.25, 0.3) is 6.08 Å². The van der Waals surface area contributed by atoms with E-state index in [1.807, 2.05) is 30.3 Å². The molecule has 2 N–H and O–H groups in total. The standard InChI is InChI=1S/C18H14ClNO3/c19-13-8-6-12(7-9-13)16-18(23-16)15(21)14(20-17(18)22)10-11-4-2-1-3-5-11/h1-10,15-16,21H,(H,20,22)/b14-10+. The zero-order valence-electron chi connectivity index (χ0n) is 12.1. The second-order valence-corrected chi connectivity index (χ2v) is 6.15. The number of halogens is 1. The van der Waals surface area contributed by atoms with E-state index in [-0.39, 0.29) is 5.91 Å². The molecule has 4 rings (SSSR count). The minimum Gasteiger partial charge on any atom is -0.383 e. The van der Waals surface area contributed by atoms with Crippen molar-refractivity contribution in [2.45, 2.75) is 17.8 Å². The molecule has 0 aromatic heterocycles. The summed E-state index contributed by atoms with van der Waals surface area (Å²) in [5.74, 6) is -0.313. The van der Waals surface area contributed by atoms with Gasteiger partial charge in [-0.2, -0.15) is 0 Å². The Morgan fingerprint density at radius 2 is 1.83 bits per heavy atom. The molecule has 2 aromatic carbocycles. The number of ether oxygens (including phenoxy) is 1. The number of rotatable bonds is 2. The number of nitrogens with one attached hydrogen (secondary N) is 1. The fourth-order valence-corrected chi connectivity index (χ4v) is 3.12. The third-order valence-corrected chi connectivity index (χ3v) is 4.51. The second-order valence-electron chi connectivity index (χ2n) is 5.71. The van der Waals surface area contributed by atoms with Crippen molar-refractivity contribution < 1.29 is 14.6 Å². The molecule has 3 atom stereocenters. The molecule has 2 aliphatic heterocycles. The molecule has 2 saturated heterocycles. The highest BCUT2D eigenvalue weighted by Crippen LogP contribution is 2.55. The maximum Gasteiger partial charge on any atom is 0.262 e. The molecule has 4 nitrogen and oxygen atoms in total. The Morgan fingerprint density at radius 1 is 1.13 bits per heavy atom. The van der Waals surface area contributed by atoms with Gasteiger partial charge in [0.25, 0.3) is 5.91 Å². The first kappa shape index (κ1) is 14.5. The average molecular weight is 328 g/mol. The van der Waals surface area contributed by atoms with Crippen molar-refractivity contribution in [3.63, 3.8) is 0 Å². The minimum atomic E-state index is -1.23. The molecule has 2 aliphatic rings. The summed E-state index contributed by atoms with van der Waals surface area (Å²) in [5.41, 5.74) is 0.957. The lowest BCUT2D eigenvalue weighted by molar-refractivity contribution is -0.125. The molecular formula is C18H14ClNO3. The molecule has 0 aliphatic carbocycles. The summed E-state index contributed by atoms with van der Waals surface area (Å²) in [7, 11) is 0. The van der Waals surface area contributed by atoms with Crippen LogP contribution in [0.5, 0.6) is 0 Å². The molecule has 23 heavy (non-hydrogen) atoms. The number of aliphatic hydroxyl groups excluding tert-OH is 1. The summed E-state index contributed by atoms with van der Waals surface area (Å²) in [6.45, 7) is 0. The summed E-state index contributed by atoms with van der Waals surface area (Å²) >= 11 is 5.88. The summed E-state index contributed by atoms with van der Waals surface area (Å²) in [5, 5.41) is 13.9. The lowest BCUT2D eigenvalue weighted by Gasteiger charge is -2.07. The predicted octanol–water partition coefficient (Wildman–Crippen LogP) is 2.68. The monoisotopic (exact) mass is 327 g/mol. The van der Waals surface area contributed by atoms with Crippen LogP contribution in [0.3, 0.4) is 0 Å². The highest BCUT2D eigenvalue weighted by Gasteiger charge is 2.71. The van der Waals surface area contributed by atoms with Gasteiger partial charge in [-0.1, -0.05) is 54.1 Å². The van der Waals surface area contributed by atoms with E-state index in [1.165, 1.54) is 0 Å². The highest BCUT2D eigenvalue weighted by molar-refractivity contribution is 6.30. The molecule has 3 unspecified atom stereocenters. The number of hydrogen-bond acceptors (Lipinski definition) is 3. The van der Waals surface area contributed by atoms with E-state index < -0.39 is 17.8 Å². The number of benzene rings is 2. The number of hydrogen-bond donors (Lipinski definition) is 2. The first-order valence-electron chi connectivity index (χ1n) is 7.31. The van der Waals surface area contributed by atoms with Crippen molar-refractivity contribution >= 4 is 23.6 Å². The zero-order valence-corrected chi connectivity index (χ0v) is 12.8. The van der Waals surface area contributed by atoms with E-state index in [2.05, 4.69) is 5.32 Å². The largest absolute Gasteiger partial charge is 0.383 e. The van der Waals surface area contributed by atoms with Gasteiger partial charge >= 0.3 is 0 Å². The molecular weight excluding hydrogens is 314 g/mol. The number of aliphatic hydroxyl groups is 1. The molecule has 0 saturated carbocycles. The van der Waals surface area contributed by atoms with Crippen molar-refractivity contribution in [2.24, 2.45) is 0 Å². The van der Waals surface area contributed by atoms with Crippen LogP contribution < -0.4 is 5.32 Å². The summed E-state index contributed by atoms with van der Waals surface area (Å²) in [6.07, 6.45) is 0.282. The van der Waals surface area contributed by atoms with Crippen molar-refractivity contribution in [2.75, 3.05) is 0 Å². The number of epoxide rings is 1. The van der Waals surface area contributed by atoms with Gasteiger partial charge in [0.05, 0.1) is 5.70 Å². The fourth-order valence-electron chi connectivity index (χ4n) is 2.99. The Labute approximate surface area is 138 Å². The molecule has 1 amide bonds. The molecule has 0 radical (unpaired) electrons. The average Bonchev–Trinajstić information content (AvgIpc) is 3.27. The van der Waals surface area contributed by atoms with E-state index in [1.54, 1.807) is 30.3 Å². The highest BCUT2D eigenvalue weighted by atomic mass is 35.5. The van der Waals surface area contributed by atoms with Crippen LogP contribution in [0, 0.1) is 0 Å². The van der Waals surface area contributed by atoms with E-state index >= 15 is 0 Å². The van der Waals surface area contributed by atoms with Gasteiger partial charge in [-0.15, -0.1) is 0 Å². The van der Waals surface area contributed by atoms with E-state index in [0.29, 0.717) is 10.7 Å². The van der Waals surface area contributed by atoms with Gasteiger partial charge in [0.2, 0.25) is 5.60 Å². The fraction of sp³-hybridized carbons (Fsp3) is 0.167. The van der Waals surface area contributed by atoms with Crippen molar-refractivity contribution in [1.29, 1.82) is 0 Å². The van der Waals surface area contributed by atoms with Crippen LogP contribution in [0.15, 0.2) is 60.3 Å². The minimum absolute atomic E-state index is 0.313. The third-order valence-electron chi connectivity index (χ3n) is 4.25. The van der Waals surface area contributed by atoms with Crippen LogP contribution in [0.4, 0.5) is 0 Å². The number of carbonyl (C=O) groups excluding carboxylic acids is 1. The smallest absolute Gasteiger partial charge is 0.262 e. The Hall–Kier alpha value is -2.14. The Bertz CT molecular complexity index is 788. The molecule has 116 valence electrons. The predicted molar refractivity (Wildman–Crippen MR) is 86.6 cm³/mol. The van der Waals surface area contributed by atoms with Gasteiger partial charge in [0.15, 0.2) is 0 Å². The summed E-state index contributed by atoms with van der Waals surface area (Å²) < 4.78 is 5.64. The lowest BCUT2D eigenvalue weighted by Crippen LogP contribution is -2.32. The van der Waals surface area contributed by atoms with Crippen LogP contribution in [-0.2, 0) is 9.53 Å². The maximum absolute atomic E-state index is 12.4. The summed E-state index contributed by atoms with van der Waals surface area (Å²) in [4.78, 5) is 12.4. The quantitative estimate of drug-likeness (QED) is 0.834. The van der Waals surface area contributed by atoms with E-state index in [9.17, 15) is 9.90 Å². The van der Waals surface area contributed by atoms with E-state index in [4.69, 9.17) is 16.3 Å². The maximum atomic E-state index is 12.4. The first-order valence-corrected chi connectivity index (χ1v) is 7.68. The second kappa shape index (κ2) is 5.20. The zero-order chi connectivity index (χ0) is 16.0. The molecule has 2 aromatic rings. The van der Waals surface area contributed by atoms with Crippen LogP contribution in [0.2, 0.25) is 5.02 Å². The normalized spacial score (nSPS) is 30.7. The molecule has 0 bridgehead atoms. The Morgan fingerprint density at radius 3 is 2.52 bits per heavy atom. The van der Waals surface area contributed by atoms with Gasteiger partial charge in [0.1, 0.15) is 12.2 Å². The van der Waals surface area contributed by atoms with Crippen LogP contribution in [-0.4, -0.2) is 22.7 Å². The number of amides is 1. The van der Waals surface area contributed by atoms with Crippen LogP contribution in [0.1, 0.15) is 17.2 Å². The first-order chi connectivity index (χ1) is 11.1. The van der Waals surface area contributed by atoms with Gasteiger partial charge in [-0.05, 0) is 29.3 Å². The van der Waals surface area contributed by atoms with E-state index in [0.717, 1.165) is 11.1 Å². The lowest BCUT2D eigenvalue weighted by atomic mass is 9.94. The molecule has 2 fully saturated rings. The third kappa shape index (κ3) is 2.27. The van der Waals surface area contributed by atoms with Crippen molar-refractivity contribution in [1.82, 2.24) is 5.32 Å². The summed E-state index contributed by atoms with van der Waals surface area (Å²) in [6, 6.07) is 16.6. The van der Waals surface area contributed by atoms with Gasteiger partial charge in [0, 0.05) is 5.02 Å². The SMILES string of the molecule is O=C1N/C(=C/c2ccccc2)C(O)C12OC2c1ccc(Cl)cc1. The van der Waals surface area contributed by atoms with Gasteiger partial charge in [-0.3, -0.25) is 4.79 Å².